The van der Waals surface area contributed by atoms with E-state index in [1.165, 1.54) is 44.9 Å². The molecule has 6 heteroatoms. The van der Waals surface area contributed by atoms with Crippen molar-refractivity contribution in [3.8, 4) is 0 Å². The molecule has 0 spiro atoms. The zero-order valence-electron chi connectivity index (χ0n) is 23.5. The van der Waals surface area contributed by atoms with E-state index < -0.39 is 0 Å². The fourth-order valence-electron chi connectivity index (χ4n) is 9.68. The summed E-state index contributed by atoms with van der Waals surface area (Å²) < 4.78 is 0. The number of carbonyl (C=O) groups is 1. The standard InChI is InChI=1S/C30H56N4O2/c1-21(4-9-28(36)34-19-18-33-17-16-32-15-14-31)25-7-8-26-24-6-5-22-20-23(35)10-12-29(22,2)27(24)11-13-30(25,26)3/h21-27,32-33,35H,4-20,31H2,1-3H3,(H,34,36)/t21?,22-,23-,24?,25-,26?,27?,29+,30-/m1/s1. The van der Waals surface area contributed by atoms with Gasteiger partial charge in [-0.05, 0) is 111 Å². The average molecular weight is 505 g/mol. The molecule has 0 aromatic rings. The number of fused-ring (bicyclic) bond motifs is 5. The fourth-order valence-corrected chi connectivity index (χ4v) is 9.68. The van der Waals surface area contributed by atoms with Gasteiger partial charge in [-0.2, -0.15) is 0 Å². The molecule has 4 aliphatic carbocycles. The van der Waals surface area contributed by atoms with Crippen LogP contribution in [0.1, 0.15) is 91.4 Å². The Kier molecular flexibility index (Phi) is 9.79. The molecule has 1 amide bonds. The van der Waals surface area contributed by atoms with Crippen LogP contribution in [0.2, 0.25) is 0 Å². The van der Waals surface area contributed by atoms with Gasteiger partial charge in [0.1, 0.15) is 0 Å². The zero-order chi connectivity index (χ0) is 25.8. The van der Waals surface area contributed by atoms with Crippen LogP contribution in [0, 0.1) is 46.3 Å². The number of carbonyl (C=O) groups excluding carboxylic acids is 1. The van der Waals surface area contributed by atoms with E-state index in [2.05, 4.69) is 36.7 Å². The Bertz CT molecular complexity index is 719. The van der Waals surface area contributed by atoms with E-state index in [9.17, 15) is 9.90 Å². The second-order valence-corrected chi connectivity index (χ2v) is 13.5. The molecule has 4 unspecified atom stereocenters. The van der Waals surface area contributed by atoms with Crippen LogP contribution in [-0.2, 0) is 4.79 Å². The van der Waals surface area contributed by atoms with Crippen LogP contribution in [0.25, 0.3) is 0 Å². The predicted molar refractivity (Wildman–Crippen MR) is 147 cm³/mol. The molecule has 4 aliphatic rings. The lowest BCUT2D eigenvalue weighted by molar-refractivity contribution is -0.129. The molecule has 0 bridgehead atoms. The summed E-state index contributed by atoms with van der Waals surface area (Å²) in [5, 5.41) is 20.0. The Hall–Kier alpha value is -0.690. The first-order chi connectivity index (χ1) is 17.3. The lowest BCUT2D eigenvalue weighted by Gasteiger charge is -2.61. The lowest BCUT2D eigenvalue weighted by atomic mass is 9.44. The Morgan fingerprint density at radius 2 is 1.61 bits per heavy atom. The molecular formula is C30H56N4O2. The Balaban J connectivity index is 1.22. The highest BCUT2D eigenvalue weighted by Gasteiger charge is 2.60. The van der Waals surface area contributed by atoms with Crippen LogP contribution in [-0.4, -0.2) is 56.4 Å². The van der Waals surface area contributed by atoms with Gasteiger partial charge in [0.25, 0.3) is 0 Å². The molecule has 0 radical (unpaired) electrons. The van der Waals surface area contributed by atoms with E-state index in [-0.39, 0.29) is 12.0 Å². The summed E-state index contributed by atoms with van der Waals surface area (Å²) >= 11 is 0. The van der Waals surface area contributed by atoms with E-state index in [1.807, 2.05) is 0 Å². The highest BCUT2D eigenvalue weighted by molar-refractivity contribution is 5.75. The summed E-state index contributed by atoms with van der Waals surface area (Å²) in [7, 11) is 0. The first-order valence-corrected chi connectivity index (χ1v) is 15.4. The highest BCUT2D eigenvalue weighted by atomic mass is 16.3. The van der Waals surface area contributed by atoms with Gasteiger partial charge in [-0.15, -0.1) is 0 Å². The van der Waals surface area contributed by atoms with Crippen molar-refractivity contribution in [1.82, 2.24) is 16.0 Å². The number of nitrogens with two attached hydrogens (primary N) is 1. The van der Waals surface area contributed by atoms with Crippen molar-refractivity contribution < 1.29 is 9.90 Å². The summed E-state index contributed by atoms with van der Waals surface area (Å²) in [4.78, 5) is 12.5. The lowest BCUT2D eigenvalue weighted by Crippen LogP contribution is -2.54. The molecule has 36 heavy (non-hydrogen) atoms. The van der Waals surface area contributed by atoms with Gasteiger partial charge in [0, 0.05) is 45.7 Å². The molecular weight excluding hydrogens is 448 g/mol. The van der Waals surface area contributed by atoms with Crippen molar-refractivity contribution in [3.63, 3.8) is 0 Å². The van der Waals surface area contributed by atoms with Crippen molar-refractivity contribution in [1.29, 1.82) is 0 Å². The summed E-state index contributed by atoms with van der Waals surface area (Å²) in [5.41, 5.74) is 6.39. The van der Waals surface area contributed by atoms with Gasteiger partial charge < -0.3 is 26.8 Å². The maximum Gasteiger partial charge on any atom is 0.220 e. The summed E-state index contributed by atoms with van der Waals surface area (Å²) in [6.45, 7) is 12.5. The zero-order valence-corrected chi connectivity index (χ0v) is 23.5. The van der Waals surface area contributed by atoms with Crippen LogP contribution >= 0.6 is 0 Å². The van der Waals surface area contributed by atoms with E-state index in [0.29, 0.717) is 36.3 Å². The molecule has 0 aromatic heterocycles. The van der Waals surface area contributed by atoms with Crippen LogP contribution in [0.3, 0.4) is 0 Å². The van der Waals surface area contributed by atoms with Crippen LogP contribution in [0.15, 0.2) is 0 Å². The Labute approximate surface area is 220 Å². The molecule has 0 saturated heterocycles. The molecule has 6 N–H and O–H groups in total. The third kappa shape index (κ3) is 5.97. The number of aliphatic hydroxyl groups excluding tert-OH is 1. The van der Waals surface area contributed by atoms with Crippen molar-refractivity contribution in [3.05, 3.63) is 0 Å². The van der Waals surface area contributed by atoms with Gasteiger partial charge in [0.15, 0.2) is 0 Å². The van der Waals surface area contributed by atoms with Crippen LogP contribution < -0.4 is 21.7 Å². The van der Waals surface area contributed by atoms with Crippen LogP contribution in [0.5, 0.6) is 0 Å². The molecule has 0 aliphatic heterocycles. The second kappa shape index (κ2) is 12.4. The van der Waals surface area contributed by atoms with Gasteiger partial charge in [-0.25, -0.2) is 0 Å². The average Bonchev–Trinajstić information content (AvgIpc) is 3.22. The molecule has 208 valence electrons. The maximum atomic E-state index is 12.5. The van der Waals surface area contributed by atoms with E-state index in [0.717, 1.165) is 75.0 Å². The Morgan fingerprint density at radius 1 is 0.917 bits per heavy atom. The van der Waals surface area contributed by atoms with Crippen molar-refractivity contribution in [2.24, 2.45) is 52.1 Å². The fraction of sp³-hybridized carbons (Fsp3) is 0.967. The number of hydrogen-bond donors (Lipinski definition) is 5. The quantitative estimate of drug-likeness (QED) is 0.261. The number of aliphatic hydroxyl groups is 1. The monoisotopic (exact) mass is 504 g/mol. The normalized spacial score (nSPS) is 40.7. The maximum absolute atomic E-state index is 12.5. The smallest absolute Gasteiger partial charge is 0.220 e. The minimum Gasteiger partial charge on any atom is -0.393 e. The SMILES string of the molecule is CC(CCC(=O)NCCNCCNCCN)[C@H]1CCC2C3CC[C@@H]4C[C@H](O)CC[C@]4(C)C3CC[C@@]21C. The van der Waals surface area contributed by atoms with Gasteiger partial charge in [-0.1, -0.05) is 20.8 Å². The van der Waals surface area contributed by atoms with Gasteiger partial charge in [0.05, 0.1) is 6.10 Å². The Morgan fingerprint density at radius 3 is 2.39 bits per heavy atom. The molecule has 4 saturated carbocycles. The van der Waals surface area contributed by atoms with Crippen molar-refractivity contribution in [2.45, 2.75) is 97.5 Å². The summed E-state index contributed by atoms with van der Waals surface area (Å²) in [6.07, 6.45) is 13.2. The molecule has 0 aromatic carbocycles. The van der Waals surface area contributed by atoms with Gasteiger partial charge in [0.2, 0.25) is 5.91 Å². The third-order valence-corrected chi connectivity index (χ3v) is 11.6. The largest absolute Gasteiger partial charge is 0.393 e. The highest BCUT2D eigenvalue weighted by Crippen LogP contribution is 2.68. The third-order valence-electron chi connectivity index (χ3n) is 11.6. The van der Waals surface area contributed by atoms with Gasteiger partial charge in [-0.3, -0.25) is 4.79 Å². The molecule has 9 atom stereocenters. The van der Waals surface area contributed by atoms with E-state index in [4.69, 9.17) is 5.73 Å². The minimum absolute atomic E-state index is 0.0533. The first kappa shape index (κ1) is 28.3. The van der Waals surface area contributed by atoms with Crippen molar-refractivity contribution >= 4 is 5.91 Å². The number of nitrogens with one attached hydrogen (secondary N) is 3. The van der Waals surface area contributed by atoms with E-state index in [1.54, 1.807) is 0 Å². The molecule has 4 rings (SSSR count). The summed E-state index contributed by atoms with van der Waals surface area (Å²) in [5.74, 6) is 4.95. The minimum atomic E-state index is -0.0533. The second-order valence-electron chi connectivity index (χ2n) is 13.5. The number of rotatable bonds is 12. The topological polar surface area (TPSA) is 99.4 Å². The molecule has 0 heterocycles. The molecule has 4 fully saturated rings. The molecule has 6 nitrogen and oxygen atoms in total. The van der Waals surface area contributed by atoms with Crippen LogP contribution in [0.4, 0.5) is 0 Å². The predicted octanol–water partition coefficient (Wildman–Crippen LogP) is 3.68. The van der Waals surface area contributed by atoms with E-state index >= 15 is 0 Å². The summed E-state index contributed by atoms with van der Waals surface area (Å²) in [6, 6.07) is 0. The first-order valence-electron chi connectivity index (χ1n) is 15.4. The number of hydrogen-bond acceptors (Lipinski definition) is 5. The van der Waals surface area contributed by atoms with Crippen molar-refractivity contribution in [2.75, 3.05) is 39.3 Å². The van der Waals surface area contributed by atoms with Gasteiger partial charge >= 0.3 is 0 Å². The number of amides is 1.